The number of carbonyl (C=O) groups is 1. The van der Waals surface area contributed by atoms with Crippen molar-refractivity contribution in [2.24, 2.45) is 0 Å². The van der Waals surface area contributed by atoms with Crippen LogP contribution in [0.2, 0.25) is 0 Å². The summed E-state index contributed by atoms with van der Waals surface area (Å²) in [5, 5.41) is 18.4. The Hall–Kier alpha value is -4.08. The molecule has 0 aliphatic carbocycles. The molecule has 1 fully saturated rings. The molecule has 1 heterocycles. The lowest BCUT2D eigenvalue weighted by molar-refractivity contribution is -0.114. The number of hydrogen-bond donors (Lipinski definition) is 0. The summed E-state index contributed by atoms with van der Waals surface area (Å²) in [6, 6.07) is 16.6. The van der Waals surface area contributed by atoms with Crippen molar-refractivity contribution in [2.45, 2.75) is 39.3 Å². The highest BCUT2D eigenvalue weighted by molar-refractivity contribution is 6.19. The summed E-state index contributed by atoms with van der Waals surface area (Å²) in [6.07, 6.45) is 0.385. The molecule has 6 heteroatoms. The van der Waals surface area contributed by atoms with E-state index < -0.39 is 5.72 Å². The lowest BCUT2D eigenvalue weighted by atomic mass is 10.0. The number of allylic oxidation sites excluding steroid dienone is 2. The smallest absolute Gasteiger partial charge is 0.296 e. The van der Waals surface area contributed by atoms with Gasteiger partial charge in [0, 0.05) is 12.1 Å². The number of ether oxygens (including phenoxy) is 1. The second kappa shape index (κ2) is 8.11. The van der Waals surface area contributed by atoms with E-state index in [1.807, 2.05) is 51.1 Å². The molecule has 0 spiro atoms. The lowest BCUT2D eigenvalue weighted by Crippen LogP contribution is -2.26. The Morgan fingerprint density at radius 2 is 2.00 bits per heavy atom. The zero-order valence-corrected chi connectivity index (χ0v) is 17.1. The van der Waals surface area contributed by atoms with Crippen LogP contribution in [0.5, 0.6) is 5.75 Å². The van der Waals surface area contributed by atoms with Crippen LogP contribution >= 0.6 is 0 Å². The molecule has 2 aromatic carbocycles. The Bertz CT molecular complexity index is 1160. The average molecular weight is 396 g/mol. The molecule has 0 aromatic heterocycles. The number of anilines is 1. The molecule has 1 unspecified atom stereocenters. The number of rotatable bonds is 6. The van der Waals surface area contributed by atoms with Gasteiger partial charge in [-0.1, -0.05) is 36.8 Å². The summed E-state index contributed by atoms with van der Waals surface area (Å²) in [4.78, 5) is 17.7. The van der Waals surface area contributed by atoms with Gasteiger partial charge in [-0.15, -0.1) is 0 Å². The molecule has 0 N–H and O–H groups in total. The Kier molecular flexibility index (Phi) is 5.58. The standard InChI is InChI=1S/C24H20N4O2/c1-5-24(30-22-10-9-16(2)13-17(22)3)23(29)28(24)19-8-6-7-18(14-19)20(11-12-25)21(15-26)27-4/h6-10,13-14H,5,11H2,1-3H3/b21-20+. The molecule has 148 valence electrons. The topological polar surface area (TPSA) is 81.2 Å². The first-order valence-electron chi connectivity index (χ1n) is 9.50. The largest absolute Gasteiger partial charge is 0.458 e. The predicted octanol–water partition coefficient (Wildman–Crippen LogP) is 4.90. The van der Waals surface area contributed by atoms with E-state index >= 15 is 0 Å². The van der Waals surface area contributed by atoms with E-state index in [4.69, 9.17) is 16.6 Å². The number of hydrogen-bond acceptors (Lipinski definition) is 4. The van der Waals surface area contributed by atoms with Crippen LogP contribution in [0.1, 0.15) is 36.5 Å². The highest BCUT2D eigenvalue weighted by Crippen LogP contribution is 2.45. The van der Waals surface area contributed by atoms with E-state index in [0.29, 0.717) is 29.0 Å². The van der Waals surface area contributed by atoms with Gasteiger partial charge in [0.15, 0.2) is 0 Å². The van der Waals surface area contributed by atoms with Crippen LogP contribution in [0.4, 0.5) is 5.69 Å². The maximum absolute atomic E-state index is 12.8. The maximum atomic E-state index is 12.8. The van der Waals surface area contributed by atoms with Gasteiger partial charge in [0.25, 0.3) is 17.3 Å². The quantitative estimate of drug-likeness (QED) is 0.395. The van der Waals surface area contributed by atoms with Gasteiger partial charge in [-0.05, 0) is 48.7 Å². The normalized spacial score (nSPS) is 18.0. The van der Waals surface area contributed by atoms with Crippen LogP contribution in [0, 0.1) is 43.1 Å². The van der Waals surface area contributed by atoms with Crippen LogP contribution in [-0.2, 0) is 4.79 Å². The molecule has 6 nitrogen and oxygen atoms in total. The third-order valence-corrected chi connectivity index (χ3v) is 5.15. The molecule has 0 saturated carbocycles. The second-order valence-corrected chi connectivity index (χ2v) is 7.09. The van der Waals surface area contributed by atoms with E-state index in [1.54, 1.807) is 29.2 Å². The minimum Gasteiger partial charge on any atom is -0.458 e. The first kappa shape index (κ1) is 20.6. The van der Waals surface area contributed by atoms with E-state index in [1.165, 1.54) is 0 Å². The van der Waals surface area contributed by atoms with Gasteiger partial charge in [0.05, 0.1) is 25.1 Å². The summed E-state index contributed by atoms with van der Waals surface area (Å²) in [6.45, 7) is 13.0. The molecule has 0 radical (unpaired) electrons. The Morgan fingerprint density at radius 1 is 1.23 bits per heavy atom. The Balaban J connectivity index is 1.99. The lowest BCUT2D eigenvalue weighted by Gasteiger charge is -2.18. The first-order valence-corrected chi connectivity index (χ1v) is 9.50. The molecular weight excluding hydrogens is 376 g/mol. The van der Waals surface area contributed by atoms with Gasteiger partial charge >= 0.3 is 0 Å². The van der Waals surface area contributed by atoms with Gasteiger partial charge in [-0.2, -0.15) is 5.26 Å². The zero-order chi connectivity index (χ0) is 21.9. The molecule has 1 aliphatic rings. The fourth-order valence-corrected chi connectivity index (χ4v) is 3.53. The van der Waals surface area contributed by atoms with Gasteiger partial charge in [0.1, 0.15) is 5.75 Å². The first-order chi connectivity index (χ1) is 14.4. The summed E-state index contributed by atoms with van der Waals surface area (Å²) in [5.41, 5.74) is 2.37. The van der Waals surface area contributed by atoms with Gasteiger partial charge < -0.3 is 4.74 Å². The number of benzene rings is 2. The molecule has 1 amide bonds. The second-order valence-electron chi connectivity index (χ2n) is 7.09. The van der Waals surface area contributed by atoms with Crippen molar-refractivity contribution in [2.75, 3.05) is 4.90 Å². The summed E-state index contributed by atoms with van der Waals surface area (Å²) in [5.74, 6) is 0.498. The molecule has 1 aliphatic heterocycles. The van der Waals surface area contributed by atoms with E-state index in [2.05, 4.69) is 4.85 Å². The van der Waals surface area contributed by atoms with Crippen molar-refractivity contribution in [1.82, 2.24) is 0 Å². The summed E-state index contributed by atoms with van der Waals surface area (Å²) in [7, 11) is 0. The molecule has 0 bridgehead atoms. The molecule has 2 aromatic rings. The minimum absolute atomic E-state index is 0.0688. The van der Waals surface area contributed by atoms with Crippen LogP contribution in [-0.4, -0.2) is 11.6 Å². The Labute approximate surface area is 176 Å². The molecule has 3 rings (SSSR count). The maximum Gasteiger partial charge on any atom is 0.296 e. The molecular formula is C24H20N4O2. The average Bonchev–Trinajstić information content (AvgIpc) is 3.33. The highest BCUT2D eigenvalue weighted by atomic mass is 16.5. The molecule has 1 saturated heterocycles. The third-order valence-electron chi connectivity index (χ3n) is 5.15. The van der Waals surface area contributed by atoms with Crippen molar-refractivity contribution in [3.63, 3.8) is 0 Å². The number of nitrogens with zero attached hydrogens (tertiary/aromatic N) is 4. The Morgan fingerprint density at radius 3 is 2.60 bits per heavy atom. The molecule has 30 heavy (non-hydrogen) atoms. The fraction of sp³-hybridized carbons (Fsp3) is 0.250. The number of carbonyl (C=O) groups excluding carboxylic acids is 1. The SMILES string of the molecule is [C-]#[N+]/C(C#N)=C(\CC#N)c1cccc(N2C(=O)C2(CC)Oc2ccc(C)cc2C)c1. The summed E-state index contributed by atoms with van der Waals surface area (Å²) < 4.78 is 6.18. The van der Waals surface area contributed by atoms with Crippen LogP contribution in [0.15, 0.2) is 48.2 Å². The van der Waals surface area contributed by atoms with E-state index in [-0.39, 0.29) is 18.0 Å². The van der Waals surface area contributed by atoms with Crippen molar-refractivity contribution in [3.05, 3.63) is 76.3 Å². The highest BCUT2D eigenvalue weighted by Gasteiger charge is 2.65. The van der Waals surface area contributed by atoms with E-state index in [9.17, 15) is 10.1 Å². The van der Waals surface area contributed by atoms with Crippen LogP contribution in [0.25, 0.3) is 10.4 Å². The third kappa shape index (κ3) is 3.50. The van der Waals surface area contributed by atoms with Crippen molar-refractivity contribution < 1.29 is 9.53 Å². The fourth-order valence-electron chi connectivity index (χ4n) is 3.53. The summed E-state index contributed by atoms with van der Waals surface area (Å²) >= 11 is 0. The monoisotopic (exact) mass is 396 g/mol. The zero-order valence-electron chi connectivity index (χ0n) is 17.1. The molecule has 1 atom stereocenters. The van der Waals surface area contributed by atoms with Crippen molar-refractivity contribution >= 4 is 17.2 Å². The van der Waals surface area contributed by atoms with Crippen LogP contribution < -0.4 is 9.64 Å². The van der Waals surface area contributed by atoms with Crippen LogP contribution in [0.3, 0.4) is 0 Å². The number of aryl methyl sites for hydroxylation is 2. The van der Waals surface area contributed by atoms with Gasteiger partial charge in [-0.3, -0.25) is 9.69 Å². The van der Waals surface area contributed by atoms with Gasteiger partial charge in [-0.25, -0.2) is 10.1 Å². The van der Waals surface area contributed by atoms with E-state index in [0.717, 1.165) is 11.1 Å². The van der Waals surface area contributed by atoms with Crippen molar-refractivity contribution in [1.29, 1.82) is 10.5 Å². The van der Waals surface area contributed by atoms with Crippen molar-refractivity contribution in [3.8, 4) is 17.9 Å². The van der Waals surface area contributed by atoms with Gasteiger partial charge in [0.2, 0.25) is 0 Å². The minimum atomic E-state index is -1.09. The number of nitriles is 2. The number of amides is 1. The predicted molar refractivity (Wildman–Crippen MR) is 113 cm³/mol.